The Morgan fingerprint density at radius 2 is 2.03 bits per heavy atom. The summed E-state index contributed by atoms with van der Waals surface area (Å²) >= 11 is 1.25. The third kappa shape index (κ3) is 3.42. The highest BCUT2D eigenvalue weighted by atomic mass is 32.1. The molecule has 1 N–H and O–H groups in total. The molecule has 1 amide bonds. The average molecular weight is 406 g/mol. The molecule has 8 heteroatoms. The van der Waals surface area contributed by atoms with Crippen LogP contribution in [-0.2, 0) is 11.3 Å². The molecule has 0 saturated heterocycles. The van der Waals surface area contributed by atoms with Crippen LogP contribution in [0.25, 0.3) is 0 Å². The highest BCUT2D eigenvalue weighted by Gasteiger charge is 2.45. The molecule has 0 aromatic carbocycles. The molecule has 3 aromatic heterocycles. The minimum absolute atomic E-state index is 0.0318. The molecule has 1 aliphatic rings. The second kappa shape index (κ2) is 7.56. The molecule has 1 aliphatic heterocycles. The summed E-state index contributed by atoms with van der Waals surface area (Å²) in [5, 5.41) is 11.4. The summed E-state index contributed by atoms with van der Waals surface area (Å²) in [5.74, 6) is -1.55. The first-order valence-corrected chi connectivity index (χ1v) is 9.81. The molecule has 0 spiro atoms. The van der Waals surface area contributed by atoms with Crippen molar-refractivity contribution in [2.45, 2.75) is 26.4 Å². The number of nitrogens with zero attached hydrogens (tertiary/aromatic N) is 4. The standard InChI is InChI=1S/C21H18N4O3S/c1-12-20(29-13(2)24-12)18(26)16-17(15-7-3-4-9-23-15)25(21(28)19(16)27)11-14-6-5-8-22-10-14/h3-10,17,27H,11H2,1-2H3. The van der Waals surface area contributed by atoms with Gasteiger partial charge in [0.15, 0.2) is 5.76 Å². The third-order valence-corrected chi connectivity index (χ3v) is 5.77. The van der Waals surface area contributed by atoms with Gasteiger partial charge in [0.2, 0.25) is 5.78 Å². The largest absolute Gasteiger partial charge is 0.503 e. The fourth-order valence-electron chi connectivity index (χ4n) is 3.45. The molecule has 0 saturated carbocycles. The number of aliphatic hydroxyl groups excluding tert-OH is 1. The van der Waals surface area contributed by atoms with Crippen LogP contribution in [0, 0.1) is 13.8 Å². The predicted octanol–water partition coefficient (Wildman–Crippen LogP) is 3.33. The number of ketones is 1. The van der Waals surface area contributed by atoms with Crippen molar-refractivity contribution in [2.75, 3.05) is 0 Å². The lowest BCUT2D eigenvalue weighted by atomic mass is 9.98. The van der Waals surface area contributed by atoms with Crippen LogP contribution < -0.4 is 0 Å². The maximum absolute atomic E-state index is 13.4. The van der Waals surface area contributed by atoms with Gasteiger partial charge < -0.3 is 10.0 Å². The van der Waals surface area contributed by atoms with E-state index < -0.39 is 23.5 Å². The van der Waals surface area contributed by atoms with E-state index in [0.29, 0.717) is 16.3 Å². The molecule has 146 valence electrons. The van der Waals surface area contributed by atoms with Gasteiger partial charge in [-0.1, -0.05) is 12.1 Å². The average Bonchev–Trinajstić information content (AvgIpc) is 3.19. The number of carbonyl (C=O) groups excluding carboxylic acids is 2. The van der Waals surface area contributed by atoms with E-state index in [4.69, 9.17) is 0 Å². The molecular weight excluding hydrogens is 388 g/mol. The third-order valence-electron chi connectivity index (χ3n) is 4.70. The van der Waals surface area contributed by atoms with E-state index in [-0.39, 0.29) is 12.1 Å². The predicted molar refractivity (Wildman–Crippen MR) is 107 cm³/mol. The summed E-state index contributed by atoms with van der Waals surface area (Å²) in [6.45, 7) is 3.75. The lowest BCUT2D eigenvalue weighted by Crippen LogP contribution is -2.31. The summed E-state index contributed by atoms with van der Waals surface area (Å²) in [5.41, 5.74) is 1.91. The lowest BCUT2D eigenvalue weighted by molar-refractivity contribution is -0.130. The summed E-state index contributed by atoms with van der Waals surface area (Å²) in [6, 6.07) is 8.10. The SMILES string of the molecule is Cc1nc(C)c(C(=O)C2=C(O)C(=O)N(Cc3cccnc3)C2c2ccccn2)s1. The molecule has 4 heterocycles. The van der Waals surface area contributed by atoms with Gasteiger partial charge in [-0.05, 0) is 37.6 Å². The molecule has 0 fully saturated rings. The number of thiazole rings is 1. The monoisotopic (exact) mass is 406 g/mol. The van der Waals surface area contributed by atoms with Crippen molar-refractivity contribution in [3.05, 3.63) is 87.1 Å². The molecule has 29 heavy (non-hydrogen) atoms. The molecule has 3 aromatic rings. The van der Waals surface area contributed by atoms with E-state index in [1.54, 1.807) is 49.8 Å². The Balaban J connectivity index is 1.81. The number of aromatic nitrogens is 3. The van der Waals surface area contributed by atoms with Crippen LogP contribution in [0.4, 0.5) is 0 Å². The topological polar surface area (TPSA) is 96.3 Å². The first kappa shape index (κ1) is 18.9. The number of pyridine rings is 2. The molecule has 7 nitrogen and oxygen atoms in total. The van der Waals surface area contributed by atoms with Crippen LogP contribution in [0.5, 0.6) is 0 Å². The van der Waals surface area contributed by atoms with Gasteiger partial charge in [0.05, 0.1) is 26.8 Å². The first-order valence-electron chi connectivity index (χ1n) is 9.00. The Morgan fingerprint density at radius 1 is 1.21 bits per heavy atom. The van der Waals surface area contributed by atoms with Crippen molar-refractivity contribution in [1.29, 1.82) is 0 Å². The van der Waals surface area contributed by atoms with E-state index in [2.05, 4.69) is 15.0 Å². The van der Waals surface area contributed by atoms with Crippen molar-refractivity contribution in [3.63, 3.8) is 0 Å². The zero-order valence-corrected chi connectivity index (χ0v) is 16.7. The summed E-state index contributed by atoms with van der Waals surface area (Å²) < 4.78 is 0. The van der Waals surface area contributed by atoms with Crippen molar-refractivity contribution >= 4 is 23.0 Å². The Hall–Kier alpha value is -3.39. The van der Waals surface area contributed by atoms with Gasteiger partial charge in [0.1, 0.15) is 6.04 Å². The van der Waals surface area contributed by atoms with Crippen LogP contribution >= 0.6 is 11.3 Å². The Kier molecular flexibility index (Phi) is 4.94. The number of rotatable bonds is 5. The smallest absolute Gasteiger partial charge is 0.290 e. The number of aryl methyl sites for hydroxylation is 2. The van der Waals surface area contributed by atoms with Crippen molar-refractivity contribution in [2.24, 2.45) is 0 Å². The van der Waals surface area contributed by atoms with Crippen molar-refractivity contribution in [1.82, 2.24) is 19.9 Å². The van der Waals surface area contributed by atoms with E-state index in [0.717, 1.165) is 10.6 Å². The number of hydrogen-bond acceptors (Lipinski definition) is 7. The fraction of sp³-hybridized carbons (Fsp3) is 0.190. The summed E-state index contributed by atoms with van der Waals surface area (Å²) in [4.78, 5) is 40.9. The van der Waals surface area contributed by atoms with Crippen LogP contribution in [0.3, 0.4) is 0 Å². The lowest BCUT2D eigenvalue weighted by Gasteiger charge is -2.25. The Bertz CT molecular complexity index is 1110. The van der Waals surface area contributed by atoms with E-state index in [1.807, 2.05) is 13.0 Å². The van der Waals surface area contributed by atoms with Gasteiger partial charge in [-0.15, -0.1) is 11.3 Å². The zero-order chi connectivity index (χ0) is 20.5. The van der Waals surface area contributed by atoms with E-state index in [9.17, 15) is 14.7 Å². The maximum atomic E-state index is 13.4. The number of amides is 1. The zero-order valence-electron chi connectivity index (χ0n) is 15.9. The fourth-order valence-corrected chi connectivity index (χ4v) is 4.32. The molecule has 0 aliphatic carbocycles. The number of hydrogen-bond donors (Lipinski definition) is 1. The molecule has 4 rings (SSSR count). The minimum atomic E-state index is -0.793. The van der Waals surface area contributed by atoms with Gasteiger partial charge in [-0.3, -0.25) is 19.6 Å². The van der Waals surface area contributed by atoms with Gasteiger partial charge in [-0.2, -0.15) is 0 Å². The van der Waals surface area contributed by atoms with Crippen molar-refractivity contribution < 1.29 is 14.7 Å². The quantitative estimate of drug-likeness (QED) is 0.653. The molecule has 1 atom stereocenters. The van der Waals surface area contributed by atoms with E-state index in [1.165, 1.54) is 16.2 Å². The Labute approximate surface area is 171 Å². The minimum Gasteiger partial charge on any atom is -0.503 e. The van der Waals surface area contributed by atoms with Crippen LogP contribution in [0.1, 0.15) is 37.7 Å². The Morgan fingerprint density at radius 3 is 2.66 bits per heavy atom. The van der Waals surface area contributed by atoms with Gasteiger partial charge in [-0.25, -0.2) is 4.98 Å². The van der Waals surface area contributed by atoms with Crippen molar-refractivity contribution in [3.8, 4) is 0 Å². The normalized spacial score (nSPS) is 16.6. The second-order valence-electron chi connectivity index (χ2n) is 6.69. The molecule has 1 unspecified atom stereocenters. The maximum Gasteiger partial charge on any atom is 0.290 e. The molecular formula is C21H18N4O3S. The van der Waals surface area contributed by atoms with Gasteiger partial charge in [0, 0.05) is 25.1 Å². The van der Waals surface area contributed by atoms with Crippen LogP contribution in [0.15, 0.2) is 60.3 Å². The number of carbonyl (C=O) groups is 2. The second-order valence-corrected chi connectivity index (χ2v) is 7.89. The molecule has 0 radical (unpaired) electrons. The number of Topliss-reactive ketones (excluding diaryl/α,β-unsaturated/α-hetero) is 1. The van der Waals surface area contributed by atoms with Crippen LogP contribution in [-0.4, -0.2) is 36.6 Å². The first-order chi connectivity index (χ1) is 14.0. The van der Waals surface area contributed by atoms with Gasteiger partial charge in [0.25, 0.3) is 5.91 Å². The number of aliphatic hydroxyl groups is 1. The summed E-state index contributed by atoms with van der Waals surface area (Å²) in [7, 11) is 0. The van der Waals surface area contributed by atoms with Gasteiger partial charge >= 0.3 is 0 Å². The van der Waals surface area contributed by atoms with E-state index >= 15 is 0 Å². The highest BCUT2D eigenvalue weighted by Crippen LogP contribution is 2.40. The molecule has 0 bridgehead atoms. The summed E-state index contributed by atoms with van der Waals surface area (Å²) in [6.07, 6.45) is 4.89. The highest BCUT2D eigenvalue weighted by molar-refractivity contribution is 7.14. The van der Waals surface area contributed by atoms with Crippen LogP contribution in [0.2, 0.25) is 0 Å².